The van der Waals surface area contributed by atoms with E-state index in [2.05, 4.69) is 44.9 Å². The molecule has 2 unspecified atom stereocenters. The minimum atomic E-state index is -0.0195. The number of aromatic amines is 1. The van der Waals surface area contributed by atoms with Crippen molar-refractivity contribution in [2.45, 2.75) is 31.8 Å². The van der Waals surface area contributed by atoms with Crippen LogP contribution in [0.5, 0.6) is 0 Å². The van der Waals surface area contributed by atoms with Crippen LogP contribution in [0, 0.1) is 6.92 Å². The second-order valence-electron chi connectivity index (χ2n) is 8.98. The SMILES string of the molecule is Cc1cccc(Cl)c1Nc1ccc2c(C3CC(NC(=O)c4ccccc4)CCN3C)[nH]nc2c1. The van der Waals surface area contributed by atoms with Gasteiger partial charge in [-0.25, -0.2) is 0 Å². The molecule has 0 aliphatic carbocycles. The normalized spacial score (nSPS) is 18.7. The summed E-state index contributed by atoms with van der Waals surface area (Å²) in [6.45, 7) is 2.93. The number of piperidine rings is 1. The molecule has 1 saturated heterocycles. The van der Waals surface area contributed by atoms with Crippen molar-refractivity contribution in [3.05, 3.63) is 88.6 Å². The summed E-state index contributed by atoms with van der Waals surface area (Å²) in [6.07, 6.45) is 1.74. The van der Waals surface area contributed by atoms with Crippen molar-refractivity contribution in [2.24, 2.45) is 0 Å². The maximum Gasteiger partial charge on any atom is 0.251 e. The zero-order valence-corrected chi connectivity index (χ0v) is 20.1. The van der Waals surface area contributed by atoms with E-state index in [0.29, 0.717) is 10.6 Å². The molecule has 1 aromatic heterocycles. The van der Waals surface area contributed by atoms with Gasteiger partial charge in [0.1, 0.15) is 0 Å². The zero-order valence-electron chi connectivity index (χ0n) is 19.3. The highest BCUT2D eigenvalue weighted by Gasteiger charge is 2.30. The van der Waals surface area contributed by atoms with Gasteiger partial charge in [-0.2, -0.15) is 5.10 Å². The number of aromatic nitrogens is 2. The van der Waals surface area contributed by atoms with E-state index in [-0.39, 0.29) is 18.0 Å². The Morgan fingerprint density at radius 2 is 1.94 bits per heavy atom. The lowest BCUT2D eigenvalue weighted by molar-refractivity contribution is 0.0887. The van der Waals surface area contributed by atoms with Crippen molar-refractivity contribution in [3.8, 4) is 0 Å². The van der Waals surface area contributed by atoms with Gasteiger partial charge in [0.2, 0.25) is 0 Å². The zero-order chi connectivity index (χ0) is 23.7. The molecule has 4 aromatic rings. The lowest BCUT2D eigenvalue weighted by Gasteiger charge is -2.37. The number of hydrogen-bond acceptors (Lipinski definition) is 4. The first-order chi connectivity index (χ1) is 16.5. The van der Waals surface area contributed by atoms with Crippen molar-refractivity contribution in [2.75, 3.05) is 18.9 Å². The van der Waals surface area contributed by atoms with Crippen LogP contribution < -0.4 is 10.6 Å². The first-order valence-electron chi connectivity index (χ1n) is 11.6. The number of anilines is 2. The third-order valence-electron chi connectivity index (χ3n) is 6.65. The van der Waals surface area contributed by atoms with Gasteiger partial charge in [0, 0.05) is 29.2 Å². The molecule has 3 aromatic carbocycles. The van der Waals surface area contributed by atoms with Gasteiger partial charge in [-0.15, -0.1) is 0 Å². The van der Waals surface area contributed by atoms with Gasteiger partial charge in [-0.1, -0.05) is 41.9 Å². The van der Waals surface area contributed by atoms with Gasteiger partial charge in [0.25, 0.3) is 5.91 Å². The molecule has 0 spiro atoms. The van der Waals surface area contributed by atoms with Crippen LogP contribution in [-0.2, 0) is 0 Å². The van der Waals surface area contributed by atoms with E-state index in [0.717, 1.165) is 52.9 Å². The molecular weight excluding hydrogens is 446 g/mol. The number of carbonyl (C=O) groups is 1. The number of rotatable bonds is 5. The third kappa shape index (κ3) is 4.52. The van der Waals surface area contributed by atoms with Crippen LogP contribution >= 0.6 is 11.6 Å². The van der Waals surface area contributed by atoms with Crippen molar-refractivity contribution in [1.29, 1.82) is 0 Å². The summed E-state index contributed by atoms with van der Waals surface area (Å²) in [5.74, 6) is -0.0195. The fourth-order valence-corrected chi connectivity index (χ4v) is 4.98. The number of amides is 1. The average molecular weight is 474 g/mol. The minimum absolute atomic E-state index is 0.0195. The molecule has 1 amide bonds. The van der Waals surface area contributed by atoms with Gasteiger partial charge < -0.3 is 10.6 Å². The maximum absolute atomic E-state index is 12.7. The molecule has 2 atom stereocenters. The molecule has 7 heteroatoms. The Morgan fingerprint density at radius 1 is 1.12 bits per heavy atom. The number of benzene rings is 3. The Morgan fingerprint density at radius 3 is 2.74 bits per heavy atom. The van der Waals surface area contributed by atoms with Crippen molar-refractivity contribution in [3.63, 3.8) is 0 Å². The van der Waals surface area contributed by atoms with Crippen LogP contribution in [-0.4, -0.2) is 40.6 Å². The lowest BCUT2D eigenvalue weighted by atomic mass is 9.93. The van der Waals surface area contributed by atoms with E-state index in [9.17, 15) is 4.79 Å². The monoisotopic (exact) mass is 473 g/mol. The van der Waals surface area contributed by atoms with E-state index >= 15 is 0 Å². The Balaban J connectivity index is 1.35. The van der Waals surface area contributed by atoms with Gasteiger partial charge in [-0.05, 0) is 68.8 Å². The number of fused-ring (bicyclic) bond motifs is 1. The Labute approximate surface area is 204 Å². The maximum atomic E-state index is 12.7. The van der Waals surface area contributed by atoms with Crippen LogP contribution in [0.3, 0.4) is 0 Å². The average Bonchev–Trinajstić information content (AvgIpc) is 3.26. The van der Waals surface area contributed by atoms with Gasteiger partial charge >= 0.3 is 0 Å². The van der Waals surface area contributed by atoms with E-state index in [1.165, 1.54) is 0 Å². The molecule has 3 N–H and O–H groups in total. The number of H-pyrrole nitrogens is 1. The molecule has 5 rings (SSSR count). The van der Waals surface area contributed by atoms with Crippen LogP contribution in [0.15, 0.2) is 66.7 Å². The number of halogens is 1. The highest BCUT2D eigenvalue weighted by molar-refractivity contribution is 6.33. The Bertz CT molecular complexity index is 1300. The fraction of sp³-hybridized carbons (Fsp3) is 0.259. The second kappa shape index (κ2) is 9.49. The van der Waals surface area contributed by atoms with E-state index in [1.807, 2.05) is 61.5 Å². The van der Waals surface area contributed by atoms with E-state index in [4.69, 9.17) is 11.6 Å². The number of aryl methyl sites for hydroxylation is 1. The molecule has 174 valence electrons. The lowest BCUT2D eigenvalue weighted by Crippen LogP contribution is -2.45. The number of para-hydroxylation sites is 1. The summed E-state index contributed by atoms with van der Waals surface area (Å²) < 4.78 is 0. The topological polar surface area (TPSA) is 73.0 Å². The predicted octanol–water partition coefficient (Wildman–Crippen LogP) is 5.83. The smallest absolute Gasteiger partial charge is 0.251 e. The van der Waals surface area contributed by atoms with E-state index < -0.39 is 0 Å². The molecule has 1 aliphatic heterocycles. The molecule has 1 aliphatic rings. The minimum Gasteiger partial charge on any atom is -0.354 e. The summed E-state index contributed by atoms with van der Waals surface area (Å²) in [6, 6.07) is 21.7. The summed E-state index contributed by atoms with van der Waals surface area (Å²) in [4.78, 5) is 15.0. The molecular formula is C27H28ClN5O. The Kier molecular flexibility index (Phi) is 6.26. The summed E-state index contributed by atoms with van der Waals surface area (Å²) in [5.41, 5.74) is 5.60. The third-order valence-corrected chi connectivity index (χ3v) is 6.97. The highest BCUT2D eigenvalue weighted by atomic mass is 35.5. The Hall–Kier alpha value is -3.35. The highest BCUT2D eigenvalue weighted by Crippen LogP contribution is 2.35. The number of likely N-dealkylation sites (tertiary alicyclic amines) is 1. The van der Waals surface area contributed by atoms with Gasteiger partial charge in [0.05, 0.1) is 28.0 Å². The number of hydrogen-bond donors (Lipinski definition) is 3. The first kappa shape index (κ1) is 22.4. The van der Waals surface area contributed by atoms with Crippen molar-refractivity contribution >= 4 is 39.8 Å². The molecule has 6 nitrogen and oxygen atoms in total. The summed E-state index contributed by atoms with van der Waals surface area (Å²) in [7, 11) is 2.13. The quantitative estimate of drug-likeness (QED) is 0.341. The van der Waals surface area contributed by atoms with Gasteiger partial charge in [-0.3, -0.25) is 14.8 Å². The number of nitrogens with one attached hydrogen (secondary N) is 3. The summed E-state index contributed by atoms with van der Waals surface area (Å²) >= 11 is 6.39. The van der Waals surface area contributed by atoms with Crippen molar-refractivity contribution < 1.29 is 4.79 Å². The van der Waals surface area contributed by atoms with Crippen LogP contribution in [0.2, 0.25) is 5.02 Å². The first-order valence-corrected chi connectivity index (χ1v) is 11.9. The fourth-order valence-electron chi connectivity index (χ4n) is 4.71. The molecule has 1 fully saturated rings. The molecule has 0 radical (unpaired) electrons. The molecule has 2 heterocycles. The molecule has 0 bridgehead atoms. The molecule has 34 heavy (non-hydrogen) atoms. The second-order valence-corrected chi connectivity index (χ2v) is 9.39. The van der Waals surface area contributed by atoms with Crippen molar-refractivity contribution in [1.82, 2.24) is 20.4 Å². The van der Waals surface area contributed by atoms with Crippen LogP contribution in [0.4, 0.5) is 11.4 Å². The predicted molar refractivity (Wildman–Crippen MR) is 138 cm³/mol. The number of nitrogens with zero attached hydrogens (tertiary/aromatic N) is 2. The van der Waals surface area contributed by atoms with Crippen LogP contribution in [0.25, 0.3) is 10.9 Å². The van der Waals surface area contributed by atoms with E-state index in [1.54, 1.807) is 0 Å². The largest absolute Gasteiger partial charge is 0.354 e. The standard InChI is InChI=1S/C27H28ClN5O/c1-17-7-6-10-22(28)25(17)29-19-11-12-21-23(15-19)31-32-26(21)24-16-20(13-14-33(24)2)30-27(34)18-8-4-3-5-9-18/h3-12,15,20,24,29H,13-14,16H2,1-2H3,(H,30,34)(H,31,32). The summed E-state index contributed by atoms with van der Waals surface area (Å²) in [5, 5.41) is 16.3. The molecule has 0 saturated carbocycles. The number of carbonyl (C=O) groups excluding carboxylic acids is 1. The van der Waals surface area contributed by atoms with Crippen LogP contribution in [0.1, 0.15) is 40.5 Å². The van der Waals surface area contributed by atoms with Gasteiger partial charge in [0.15, 0.2) is 0 Å².